The summed E-state index contributed by atoms with van der Waals surface area (Å²) in [6.07, 6.45) is 0. The zero-order valence-corrected chi connectivity index (χ0v) is 8.91. The number of phenolic OH excluding ortho intramolecular Hbond substituents is 1. The highest BCUT2D eigenvalue weighted by atomic mass is 16.3. The van der Waals surface area contributed by atoms with Crippen molar-refractivity contribution in [3.05, 3.63) is 17.7 Å². The lowest BCUT2D eigenvalue weighted by molar-refractivity contribution is 0.478. The topological polar surface area (TPSA) is 124 Å². The summed E-state index contributed by atoms with van der Waals surface area (Å²) in [6.45, 7) is 1.77. The van der Waals surface area contributed by atoms with Crippen LogP contribution < -0.4 is 22.9 Å². The number of aryl methyl sites for hydroxylation is 1. The molecule has 16 heavy (non-hydrogen) atoms. The number of nitrogen functional groups attached to an aromatic ring is 4. The lowest BCUT2D eigenvalue weighted by Crippen LogP contribution is -2.05. The number of anilines is 4. The van der Waals surface area contributed by atoms with Gasteiger partial charge in [-0.15, -0.1) is 0 Å². The highest BCUT2D eigenvalue weighted by Gasteiger charge is 2.15. The van der Waals surface area contributed by atoms with Gasteiger partial charge in [0.15, 0.2) is 0 Å². The summed E-state index contributed by atoms with van der Waals surface area (Å²) in [4.78, 5) is 0. The minimum Gasteiger partial charge on any atom is -0.507 e. The van der Waals surface area contributed by atoms with E-state index in [1.54, 1.807) is 19.1 Å². The third kappa shape index (κ3) is 1.11. The van der Waals surface area contributed by atoms with Crippen LogP contribution in [0.5, 0.6) is 5.75 Å². The largest absolute Gasteiger partial charge is 0.507 e. The van der Waals surface area contributed by atoms with Gasteiger partial charge < -0.3 is 28.0 Å². The van der Waals surface area contributed by atoms with Gasteiger partial charge in [-0.25, -0.2) is 0 Å². The van der Waals surface area contributed by atoms with Crippen LogP contribution in [-0.4, -0.2) is 5.11 Å². The molecule has 2 rings (SSSR count). The molecular weight excluding hydrogens is 204 g/mol. The highest BCUT2D eigenvalue weighted by Crippen LogP contribution is 2.43. The van der Waals surface area contributed by atoms with Crippen molar-refractivity contribution < 1.29 is 5.11 Å². The molecule has 0 radical (unpaired) electrons. The second-order valence-corrected chi connectivity index (χ2v) is 3.81. The van der Waals surface area contributed by atoms with Gasteiger partial charge in [0, 0.05) is 5.39 Å². The lowest BCUT2D eigenvalue weighted by Gasteiger charge is -2.14. The van der Waals surface area contributed by atoms with Gasteiger partial charge >= 0.3 is 0 Å². The van der Waals surface area contributed by atoms with E-state index in [0.717, 1.165) is 0 Å². The van der Waals surface area contributed by atoms with Crippen molar-refractivity contribution in [3.8, 4) is 5.75 Å². The Labute approximate surface area is 92.6 Å². The van der Waals surface area contributed by atoms with Gasteiger partial charge in [0.25, 0.3) is 0 Å². The summed E-state index contributed by atoms with van der Waals surface area (Å²) in [5.74, 6) is 0.0911. The average Bonchev–Trinajstić information content (AvgIpc) is 2.27. The van der Waals surface area contributed by atoms with Crippen molar-refractivity contribution in [3.63, 3.8) is 0 Å². The third-order valence-corrected chi connectivity index (χ3v) is 2.81. The Morgan fingerprint density at radius 1 is 0.875 bits per heavy atom. The minimum atomic E-state index is 0.0911. The molecule has 0 fully saturated rings. The fourth-order valence-electron chi connectivity index (χ4n) is 1.76. The highest BCUT2D eigenvalue weighted by molar-refractivity contribution is 6.14. The van der Waals surface area contributed by atoms with Gasteiger partial charge in [-0.05, 0) is 12.5 Å². The number of hydrogen-bond acceptors (Lipinski definition) is 5. The van der Waals surface area contributed by atoms with Crippen LogP contribution in [0.1, 0.15) is 5.56 Å². The fourth-order valence-corrected chi connectivity index (χ4v) is 1.76. The second-order valence-electron chi connectivity index (χ2n) is 3.81. The Morgan fingerprint density at radius 2 is 1.44 bits per heavy atom. The van der Waals surface area contributed by atoms with Crippen molar-refractivity contribution in [1.29, 1.82) is 0 Å². The molecule has 0 heterocycles. The smallest absolute Gasteiger partial charge is 0.128 e. The van der Waals surface area contributed by atoms with Crippen LogP contribution >= 0.6 is 0 Å². The first-order chi connectivity index (χ1) is 7.45. The predicted octanol–water partition coefficient (Wildman–Crippen LogP) is 1.18. The SMILES string of the molecule is Cc1ccc2c(N)c(N)c(N)c(N)c2c1O. The molecule has 0 bridgehead atoms. The van der Waals surface area contributed by atoms with Gasteiger partial charge in [0.2, 0.25) is 0 Å². The number of phenols is 1. The summed E-state index contributed by atoms with van der Waals surface area (Å²) in [6, 6.07) is 3.52. The van der Waals surface area contributed by atoms with E-state index in [1.807, 2.05) is 0 Å². The second kappa shape index (κ2) is 3.10. The van der Waals surface area contributed by atoms with Crippen molar-refractivity contribution in [2.75, 3.05) is 22.9 Å². The van der Waals surface area contributed by atoms with Crippen LogP contribution in [-0.2, 0) is 0 Å². The molecule has 2 aromatic carbocycles. The van der Waals surface area contributed by atoms with E-state index in [0.29, 0.717) is 22.0 Å². The van der Waals surface area contributed by atoms with E-state index in [1.165, 1.54) is 0 Å². The average molecular weight is 218 g/mol. The van der Waals surface area contributed by atoms with Crippen molar-refractivity contribution in [2.24, 2.45) is 0 Å². The van der Waals surface area contributed by atoms with Crippen LogP contribution in [0.2, 0.25) is 0 Å². The molecule has 0 amide bonds. The Morgan fingerprint density at radius 3 is 2.06 bits per heavy atom. The molecule has 0 aliphatic rings. The monoisotopic (exact) mass is 218 g/mol. The Balaban J connectivity index is 3.09. The first-order valence-electron chi connectivity index (χ1n) is 4.79. The first-order valence-corrected chi connectivity index (χ1v) is 4.79. The lowest BCUT2D eigenvalue weighted by atomic mass is 10.0. The van der Waals surface area contributed by atoms with Crippen molar-refractivity contribution in [1.82, 2.24) is 0 Å². The number of nitrogens with two attached hydrogens (primary N) is 4. The number of rotatable bonds is 0. The Kier molecular flexibility index (Phi) is 1.98. The Hall–Kier alpha value is -2.30. The summed E-state index contributed by atoms with van der Waals surface area (Å²) in [5.41, 5.74) is 24.9. The summed E-state index contributed by atoms with van der Waals surface area (Å²) >= 11 is 0. The molecule has 0 unspecified atom stereocenters. The Bertz CT molecular complexity index is 593. The molecule has 2 aromatic rings. The van der Waals surface area contributed by atoms with Crippen LogP contribution in [0.4, 0.5) is 22.7 Å². The summed E-state index contributed by atoms with van der Waals surface area (Å²) in [5, 5.41) is 11.0. The molecular formula is C11H14N4O. The van der Waals surface area contributed by atoms with Crippen LogP contribution in [0, 0.1) is 6.92 Å². The third-order valence-electron chi connectivity index (χ3n) is 2.81. The number of hydrogen-bond donors (Lipinski definition) is 5. The molecule has 0 atom stereocenters. The van der Waals surface area contributed by atoms with E-state index >= 15 is 0 Å². The van der Waals surface area contributed by atoms with E-state index in [9.17, 15) is 5.11 Å². The molecule has 84 valence electrons. The first kappa shape index (κ1) is 10.2. The van der Waals surface area contributed by atoms with Crippen molar-refractivity contribution in [2.45, 2.75) is 6.92 Å². The van der Waals surface area contributed by atoms with Crippen LogP contribution in [0.3, 0.4) is 0 Å². The van der Waals surface area contributed by atoms with Crippen LogP contribution in [0.25, 0.3) is 10.8 Å². The predicted molar refractivity (Wildman–Crippen MR) is 68.0 cm³/mol. The number of fused-ring (bicyclic) bond motifs is 1. The van der Waals surface area contributed by atoms with Crippen molar-refractivity contribution >= 4 is 33.5 Å². The maximum absolute atomic E-state index is 9.95. The van der Waals surface area contributed by atoms with E-state index in [4.69, 9.17) is 22.9 Å². The molecule has 9 N–H and O–H groups in total. The summed E-state index contributed by atoms with van der Waals surface area (Å²) in [7, 11) is 0. The number of aromatic hydroxyl groups is 1. The molecule has 0 saturated carbocycles. The van der Waals surface area contributed by atoms with E-state index in [-0.39, 0.29) is 22.8 Å². The van der Waals surface area contributed by atoms with Gasteiger partial charge in [0.1, 0.15) is 5.75 Å². The maximum atomic E-state index is 9.95. The number of benzene rings is 2. The normalized spacial score (nSPS) is 10.8. The standard InChI is InChI=1S/C11H14N4O/c1-4-2-3-5-6(11(4)16)8(13)10(15)9(14)7(5)12/h2-3,16H,12-15H2,1H3. The zero-order chi connectivity index (χ0) is 12.0. The van der Waals surface area contributed by atoms with E-state index in [2.05, 4.69) is 0 Å². The molecule has 0 spiro atoms. The van der Waals surface area contributed by atoms with Gasteiger partial charge in [-0.1, -0.05) is 12.1 Å². The summed E-state index contributed by atoms with van der Waals surface area (Å²) < 4.78 is 0. The molecule has 0 aromatic heterocycles. The minimum absolute atomic E-state index is 0.0911. The molecule has 0 saturated heterocycles. The zero-order valence-electron chi connectivity index (χ0n) is 8.91. The molecule has 5 heteroatoms. The van der Waals surface area contributed by atoms with E-state index < -0.39 is 0 Å². The van der Waals surface area contributed by atoms with Gasteiger partial charge in [-0.2, -0.15) is 0 Å². The fraction of sp³-hybridized carbons (Fsp3) is 0.0909. The van der Waals surface area contributed by atoms with Crippen LogP contribution in [0.15, 0.2) is 12.1 Å². The maximum Gasteiger partial charge on any atom is 0.128 e. The quantitative estimate of drug-likeness (QED) is 0.425. The van der Waals surface area contributed by atoms with Gasteiger partial charge in [0.05, 0.1) is 28.1 Å². The molecule has 0 aliphatic carbocycles. The van der Waals surface area contributed by atoms with Gasteiger partial charge in [-0.3, -0.25) is 0 Å². The molecule has 5 nitrogen and oxygen atoms in total. The molecule has 0 aliphatic heterocycles.